The Bertz CT molecular complexity index is 535. The molecule has 3 heteroatoms. The first-order valence-corrected chi connectivity index (χ1v) is 7.43. The molecule has 2 aromatic rings. The van der Waals surface area contributed by atoms with Gasteiger partial charge in [-0.2, -0.15) is 0 Å². The summed E-state index contributed by atoms with van der Waals surface area (Å²) in [6.45, 7) is 2.19. The molecule has 0 aliphatic carbocycles. The maximum atomic E-state index is 3.54. The predicted octanol–water partition coefficient (Wildman–Crippen LogP) is 4.53. The van der Waals surface area contributed by atoms with Gasteiger partial charge in [0.05, 0.1) is 0 Å². The molecule has 1 unspecified atom stereocenters. The molecular formula is C16H19IN2. The number of hydrogen-bond donors (Lipinski definition) is 1. The Morgan fingerprint density at radius 3 is 2.37 bits per heavy atom. The summed E-state index contributed by atoms with van der Waals surface area (Å²) in [6, 6.07) is 17.4. The van der Waals surface area contributed by atoms with E-state index in [0.717, 1.165) is 5.69 Å². The molecule has 0 aromatic heterocycles. The fourth-order valence-electron chi connectivity index (χ4n) is 1.96. The molecule has 0 bridgehead atoms. The highest BCUT2D eigenvalue weighted by atomic mass is 127. The molecule has 0 radical (unpaired) electrons. The second kappa shape index (κ2) is 6.28. The lowest BCUT2D eigenvalue weighted by molar-refractivity contribution is 0.884. The Hall–Kier alpha value is -1.23. The number of nitrogens with one attached hydrogen (secondary N) is 1. The minimum absolute atomic E-state index is 0.300. The van der Waals surface area contributed by atoms with Gasteiger partial charge in [-0.25, -0.2) is 0 Å². The van der Waals surface area contributed by atoms with Crippen LogP contribution in [0.2, 0.25) is 0 Å². The Morgan fingerprint density at radius 2 is 1.74 bits per heavy atom. The standard InChI is InChI=1S/C16H19IN2/c1-12(13-7-9-14(17)10-8-13)18-15-5-4-6-16(11-15)19(2)3/h4-12,18H,1-3H3. The van der Waals surface area contributed by atoms with Crippen molar-refractivity contribution in [2.45, 2.75) is 13.0 Å². The highest BCUT2D eigenvalue weighted by Crippen LogP contribution is 2.23. The number of hydrogen-bond acceptors (Lipinski definition) is 2. The van der Waals surface area contributed by atoms with E-state index in [-0.39, 0.29) is 0 Å². The molecule has 2 rings (SSSR count). The van der Waals surface area contributed by atoms with Crippen molar-refractivity contribution in [2.24, 2.45) is 0 Å². The van der Waals surface area contributed by atoms with Crippen LogP contribution >= 0.6 is 22.6 Å². The number of nitrogens with zero attached hydrogens (tertiary/aromatic N) is 1. The van der Waals surface area contributed by atoms with E-state index in [2.05, 4.69) is 102 Å². The maximum Gasteiger partial charge on any atom is 0.0485 e. The van der Waals surface area contributed by atoms with Crippen LogP contribution < -0.4 is 10.2 Å². The predicted molar refractivity (Wildman–Crippen MR) is 92.0 cm³/mol. The number of rotatable bonds is 4. The molecule has 0 saturated carbocycles. The summed E-state index contributed by atoms with van der Waals surface area (Å²) in [5.41, 5.74) is 3.66. The van der Waals surface area contributed by atoms with Gasteiger partial charge >= 0.3 is 0 Å². The van der Waals surface area contributed by atoms with Crippen LogP contribution in [0.15, 0.2) is 48.5 Å². The molecule has 2 nitrogen and oxygen atoms in total. The molecule has 19 heavy (non-hydrogen) atoms. The Balaban J connectivity index is 2.12. The normalized spacial score (nSPS) is 12.0. The van der Waals surface area contributed by atoms with Crippen LogP contribution in [-0.4, -0.2) is 14.1 Å². The van der Waals surface area contributed by atoms with Gasteiger partial charge in [0, 0.05) is 35.1 Å². The highest BCUT2D eigenvalue weighted by molar-refractivity contribution is 14.1. The molecule has 0 aliphatic heterocycles. The summed E-state index contributed by atoms with van der Waals surface area (Å²) in [5.74, 6) is 0. The van der Waals surface area contributed by atoms with E-state index in [1.54, 1.807) is 0 Å². The number of anilines is 2. The van der Waals surface area contributed by atoms with E-state index in [9.17, 15) is 0 Å². The van der Waals surface area contributed by atoms with Crippen LogP contribution in [0.25, 0.3) is 0 Å². The van der Waals surface area contributed by atoms with Crippen molar-refractivity contribution in [1.29, 1.82) is 0 Å². The fraction of sp³-hybridized carbons (Fsp3) is 0.250. The largest absolute Gasteiger partial charge is 0.378 e. The van der Waals surface area contributed by atoms with Crippen molar-refractivity contribution in [3.8, 4) is 0 Å². The molecule has 0 fully saturated rings. The lowest BCUT2D eigenvalue weighted by Crippen LogP contribution is -2.10. The van der Waals surface area contributed by atoms with E-state index in [4.69, 9.17) is 0 Å². The van der Waals surface area contributed by atoms with Crippen LogP contribution in [0.5, 0.6) is 0 Å². The van der Waals surface area contributed by atoms with E-state index < -0.39 is 0 Å². The smallest absolute Gasteiger partial charge is 0.0485 e. The second-order valence-corrected chi connectivity index (χ2v) is 6.11. The summed E-state index contributed by atoms with van der Waals surface area (Å²) in [6.07, 6.45) is 0. The molecule has 1 N–H and O–H groups in total. The number of benzene rings is 2. The van der Waals surface area contributed by atoms with Crippen molar-refractivity contribution in [3.63, 3.8) is 0 Å². The van der Waals surface area contributed by atoms with Crippen molar-refractivity contribution in [2.75, 3.05) is 24.3 Å². The molecular weight excluding hydrogens is 347 g/mol. The van der Waals surface area contributed by atoms with Crippen LogP contribution in [0.3, 0.4) is 0 Å². The van der Waals surface area contributed by atoms with Gasteiger partial charge in [-0.3, -0.25) is 0 Å². The van der Waals surface area contributed by atoms with Gasteiger partial charge in [0.2, 0.25) is 0 Å². The Kier molecular flexibility index (Phi) is 4.69. The highest BCUT2D eigenvalue weighted by Gasteiger charge is 2.05. The zero-order valence-corrected chi connectivity index (χ0v) is 13.7. The third kappa shape index (κ3) is 3.86. The van der Waals surface area contributed by atoms with Gasteiger partial charge in [-0.15, -0.1) is 0 Å². The average molecular weight is 366 g/mol. The Labute approximate surface area is 129 Å². The molecule has 0 spiro atoms. The molecule has 0 saturated heterocycles. The van der Waals surface area contributed by atoms with E-state index in [1.807, 2.05) is 0 Å². The first-order chi connectivity index (χ1) is 9.06. The fourth-order valence-corrected chi connectivity index (χ4v) is 2.32. The van der Waals surface area contributed by atoms with Crippen LogP contribution in [0, 0.1) is 3.57 Å². The van der Waals surface area contributed by atoms with Crippen LogP contribution in [0.4, 0.5) is 11.4 Å². The lowest BCUT2D eigenvalue weighted by Gasteiger charge is -2.18. The molecule has 1 atom stereocenters. The maximum absolute atomic E-state index is 3.54. The average Bonchev–Trinajstić information content (AvgIpc) is 2.39. The number of halogens is 1. The minimum Gasteiger partial charge on any atom is -0.378 e. The van der Waals surface area contributed by atoms with E-state index in [0.29, 0.717) is 6.04 Å². The van der Waals surface area contributed by atoms with E-state index in [1.165, 1.54) is 14.8 Å². The van der Waals surface area contributed by atoms with Gasteiger partial charge in [-0.05, 0) is 65.4 Å². The monoisotopic (exact) mass is 366 g/mol. The first-order valence-electron chi connectivity index (χ1n) is 6.35. The lowest BCUT2D eigenvalue weighted by atomic mass is 10.1. The quantitative estimate of drug-likeness (QED) is 0.800. The van der Waals surface area contributed by atoms with Crippen LogP contribution in [-0.2, 0) is 0 Å². The van der Waals surface area contributed by atoms with E-state index >= 15 is 0 Å². The Morgan fingerprint density at radius 1 is 1.05 bits per heavy atom. The molecule has 0 amide bonds. The zero-order valence-electron chi connectivity index (χ0n) is 11.5. The summed E-state index contributed by atoms with van der Waals surface area (Å²) < 4.78 is 1.27. The molecule has 0 aliphatic rings. The van der Waals surface area contributed by atoms with Gasteiger partial charge in [-0.1, -0.05) is 18.2 Å². The molecule has 0 heterocycles. The second-order valence-electron chi connectivity index (χ2n) is 4.86. The topological polar surface area (TPSA) is 15.3 Å². The van der Waals surface area contributed by atoms with Crippen molar-refractivity contribution >= 4 is 34.0 Å². The summed E-state index contributed by atoms with van der Waals surface area (Å²) in [7, 11) is 4.11. The zero-order chi connectivity index (χ0) is 13.8. The summed E-state index contributed by atoms with van der Waals surface area (Å²) in [5, 5.41) is 3.54. The molecule has 2 aromatic carbocycles. The summed E-state index contributed by atoms with van der Waals surface area (Å²) >= 11 is 2.33. The van der Waals surface area contributed by atoms with Gasteiger partial charge in [0.25, 0.3) is 0 Å². The van der Waals surface area contributed by atoms with Crippen molar-refractivity contribution in [1.82, 2.24) is 0 Å². The SMILES string of the molecule is CC(Nc1cccc(N(C)C)c1)c1ccc(I)cc1. The van der Waals surface area contributed by atoms with Gasteiger partial charge in [0.1, 0.15) is 0 Å². The van der Waals surface area contributed by atoms with Crippen molar-refractivity contribution < 1.29 is 0 Å². The first kappa shape index (κ1) is 14.2. The molecule has 100 valence electrons. The summed E-state index contributed by atoms with van der Waals surface area (Å²) in [4.78, 5) is 2.11. The third-order valence-corrected chi connectivity index (χ3v) is 3.83. The van der Waals surface area contributed by atoms with Crippen molar-refractivity contribution in [3.05, 3.63) is 57.7 Å². The van der Waals surface area contributed by atoms with Crippen LogP contribution in [0.1, 0.15) is 18.5 Å². The minimum atomic E-state index is 0.300. The van der Waals surface area contributed by atoms with Gasteiger partial charge < -0.3 is 10.2 Å². The third-order valence-electron chi connectivity index (χ3n) is 3.12. The van der Waals surface area contributed by atoms with Gasteiger partial charge in [0.15, 0.2) is 0 Å².